The molecule has 1 aliphatic carbocycles. The van der Waals surface area contributed by atoms with E-state index in [1.807, 2.05) is 18.7 Å². The lowest BCUT2D eigenvalue weighted by Gasteiger charge is -2.26. The lowest BCUT2D eigenvalue weighted by molar-refractivity contribution is 0.0747. The van der Waals surface area contributed by atoms with Crippen LogP contribution in [0.2, 0.25) is 0 Å². The van der Waals surface area contributed by atoms with Gasteiger partial charge in [-0.25, -0.2) is 4.98 Å². The molecule has 0 aliphatic heterocycles. The summed E-state index contributed by atoms with van der Waals surface area (Å²) in [5.41, 5.74) is 0. The second-order valence-electron chi connectivity index (χ2n) is 5.62. The lowest BCUT2D eigenvalue weighted by atomic mass is 9.83. The number of imidazole rings is 1. The Kier molecular flexibility index (Phi) is 5.72. The monoisotopic (exact) mass is 250 g/mol. The Morgan fingerprint density at radius 3 is 2.72 bits per heavy atom. The van der Waals surface area contributed by atoms with Gasteiger partial charge >= 0.3 is 0 Å². The van der Waals surface area contributed by atoms with E-state index in [-0.39, 0.29) is 6.10 Å². The first-order valence-corrected chi connectivity index (χ1v) is 7.50. The molecule has 1 aliphatic rings. The van der Waals surface area contributed by atoms with Crippen molar-refractivity contribution in [1.29, 1.82) is 0 Å². The minimum atomic E-state index is -0.0430. The highest BCUT2D eigenvalue weighted by atomic mass is 16.3. The van der Waals surface area contributed by atoms with Gasteiger partial charge in [-0.05, 0) is 31.6 Å². The molecule has 3 heteroatoms. The highest BCUT2D eigenvalue weighted by molar-refractivity contribution is 4.74. The second kappa shape index (κ2) is 7.57. The minimum absolute atomic E-state index is 0.0430. The van der Waals surface area contributed by atoms with Gasteiger partial charge in [-0.3, -0.25) is 0 Å². The lowest BCUT2D eigenvalue weighted by Crippen LogP contribution is -2.22. The molecular formula is C15H26N2O. The molecule has 0 bridgehead atoms. The molecule has 0 radical (unpaired) electrons. The molecule has 1 heterocycles. The van der Waals surface area contributed by atoms with E-state index < -0.39 is 0 Å². The summed E-state index contributed by atoms with van der Waals surface area (Å²) in [6.45, 7) is 1.06. The van der Waals surface area contributed by atoms with Crippen molar-refractivity contribution in [2.45, 2.75) is 70.4 Å². The maximum absolute atomic E-state index is 10.1. The molecule has 102 valence electrons. The third kappa shape index (κ3) is 4.45. The molecule has 1 aromatic heterocycles. The molecule has 0 saturated heterocycles. The van der Waals surface area contributed by atoms with Gasteiger partial charge in [0.25, 0.3) is 0 Å². The molecule has 3 nitrogen and oxygen atoms in total. The predicted molar refractivity (Wildman–Crippen MR) is 73.3 cm³/mol. The number of hydrogen-bond acceptors (Lipinski definition) is 2. The zero-order chi connectivity index (χ0) is 12.6. The molecular weight excluding hydrogens is 224 g/mol. The first-order chi connectivity index (χ1) is 8.86. The third-order valence-corrected chi connectivity index (χ3v) is 4.17. The minimum Gasteiger partial charge on any atom is -0.393 e. The summed E-state index contributed by atoms with van der Waals surface area (Å²) in [5.74, 6) is 0.590. The van der Waals surface area contributed by atoms with E-state index in [1.165, 1.54) is 44.9 Å². The van der Waals surface area contributed by atoms with Crippen LogP contribution in [0.5, 0.6) is 0 Å². The molecule has 1 fully saturated rings. The van der Waals surface area contributed by atoms with E-state index in [0.717, 1.165) is 19.4 Å². The fraction of sp³-hybridized carbons (Fsp3) is 0.800. The van der Waals surface area contributed by atoms with Crippen molar-refractivity contribution >= 4 is 0 Å². The molecule has 1 atom stereocenters. The second-order valence-corrected chi connectivity index (χ2v) is 5.62. The zero-order valence-electron chi connectivity index (χ0n) is 11.3. The van der Waals surface area contributed by atoms with E-state index in [9.17, 15) is 5.11 Å². The Morgan fingerprint density at radius 1 is 1.17 bits per heavy atom. The van der Waals surface area contributed by atoms with Gasteiger partial charge in [0.2, 0.25) is 0 Å². The number of aromatic nitrogens is 2. The van der Waals surface area contributed by atoms with Crippen LogP contribution >= 0.6 is 0 Å². The van der Waals surface area contributed by atoms with Crippen molar-refractivity contribution < 1.29 is 5.11 Å². The van der Waals surface area contributed by atoms with Gasteiger partial charge in [0.1, 0.15) is 0 Å². The first kappa shape index (κ1) is 13.6. The molecule has 1 aromatic rings. The van der Waals surface area contributed by atoms with Crippen LogP contribution in [0.25, 0.3) is 0 Å². The Bertz CT molecular complexity index is 304. The van der Waals surface area contributed by atoms with Gasteiger partial charge < -0.3 is 9.67 Å². The maximum Gasteiger partial charge on any atom is 0.0945 e. The standard InChI is InChI=1S/C15H26N2O/c18-15(14-7-3-1-4-8-14)9-5-2-6-11-17-12-10-16-13-17/h10,12-15,18H,1-9,11H2. The fourth-order valence-electron chi connectivity index (χ4n) is 3.00. The van der Waals surface area contributed by atoms with Gasteiger partial charge in [-0.15, -0.1) is 0 Å². The SMILES string of the molecule is OC(CCCCCn1ccnc1)C1CCCCC1. The number of rotatable bonds is 7. The highest BCUT2D eigenvalue weighted by Gasteiger charge is 2.20. The fourth-order valence-corrected chi connectivity index (χ4v) is 3.00. The van der Waals surface area contributed by atoms with Gasteiger partial charge in [0, 0.05) is 18.9 Å². The number of nitrogens with zero attached hydrogens (tertiary/aromatic N) is 2. The van der Waals surface area contributed by atoms with Crippen LogP contribution in [-0.2, 0) is 6.54 Å². The molecule has 1 N–H and O–H groups in total. The third-order valence-electron chi connectivity index (χ3n) is 4.17. The van der Waals surface area contributed by atoms with Crippen molar-refractivity contribution in [2.24, 2.45) is 5.92 Å². The summed E-state index contributed by atoms with van der Waals surface area (Å²) < 4.78 is 2.12. The Hall–Kier alpha value is -0.830. The van der Waals surface area contributed by atoms with Crippen LogP contribution in [0.4, 0.5) is 0 Å². The van der Waals surface area contributed by atoms with E-state index >= 15 is 0 Å². The summed E-state index contributed by atoms with van der Waals surface area (Å²) >= 11 is 0. The number of aryl methyl sites for hydroxylation is 1. The Morgan fingerprint density at radius 2 is 2.00 bits per heavy atom. The van der Waals surface area contributed by atoms with E-state index in [2.05, 4.69) is 9.55 Å². The van der Waals surface area contributed by atoms with Crippen LogP contribution in [0, 0.1) is 5.92 Å². The van der Waals surface area contributed by atoms with E-state index in [1.54, 1.807) is 0 Å². The number of hydrogen-bond donors (Lipinski definition) is 1. The molecule has 1 unspecified atom stereocenters. The van der Waals surface area contributed by atoms with E-state index in [4.69, 9.17) is 0 Å². The summed E-state index contributed by atoms with van der Waals surface area (Å²) in [6.07, 6.45) is 16.7. The van der Waals surface area contributed by atoms with Crippen molar-refractivity contribution in [3.8, 4) is 0 Å². The summed E-state index contributed by atoms with van der Waals surface area (Å²) in [6, 6.07) is 0. The Balaban J connectivity index is 1.52. The molecule has 0 spiro atoms. The Labute approximate surface area is 110 Å². The van der Waals surface area contributed by atoms with Crippen LogP contribution in [0.15, 0.2) is 18.7 Å². The largest absolute Gasteiger partial charge is 0.393 e. The van der Waals surface area contributed by atoms with Crippen molar-refractivity contribution in [2.75, 3.05) is 0 Å². The average Bonchev–Trinajstić information content (AvgIpc) is 2.92. The highest BCUT2D eigenvalue weighted by Crippen LogP contribution is 2.28. The molecule has 0 aromatic carbocycles. The number of aliphatic hydroxyl groups excluding tert-OH is 1. The normalized spacial score (nSPS) is 18.9. The van der Waals surface area contributed by atoms with Gasteiger partial charge in [-0.1, -0.05) is 32.1 Å². The van der Waals surface area contributed by atoms with Gasteiger partial charge in [0.15, 0.2) is 0 Å². The average molecular weight is 250 g/mol. The quantitative estimate of drug-likeness (QED) is 0.753. The van der Waals surface area contributed by atoms with Crippen molar-refractivity contribution in [3.63, 3.8) is 0 Å². The van der Waals surface area contributed by atoms with Gasteiger partial charge in [0.05, 0.1) is 12.4 Å². The summed E-state index contributed by atoms with van der Waals surface area (Å²) in [5, 5.41) is 10.1. The molecule has 0 amide bonds. The smallest absolute Gasteiger partial charge is 0.0945 e. The summed E-state index contributed by atoms with van der Waals surface area (Å²) in [4.78, 5) is 4.03. The van der Waals surface area contributed by atoms with Crippen molar-refractivity contribution in [1.82, 2.24) is 9.55 Å². The molecule has 18 heavy (non-hydrogen) atoms. The maximum atomic E-state index is 10.1. The van der Waals surface area contributed by atoms with Crippen LogP contribution < -0.4 is 0 Å². The van der Waals surface area contributed by atoms with Gasteiger partial charge in [-0.2, -0.15) is 0 Å². The molecule has 2 rings (SSSR count). The first-order valence-electron chi connectivity index (χ1n) is 7.50. The molecule has 1 saturated carbocycles. The number of unbranched alkanes of at least 4 members (excludes halogenated alkanes) is 2. The van der Waals surface area contributed by atoms with Crippen molar-refractivity contribution in [3.05, 3.63) is 18.7 Å². The number of aliphatic hydroxyl groups is 1. The van der Waals surface area contributed by atoms with E-state index in [0.29, 0.717) is 5.92 Å². The summed E-state index contributed by atoms with van der Waals surface area (Å²) in [7, 11) is 0. The zero-order valence-corrected chi connectivity index (χ0v) is 11.3. The van der Waals surface area contributed by atoms with Crippen LogP contribution in [-0.4, -0.2) is 20.8 Å². The van der Waals surface area contributed by atoms with Crippen LogP contribution in [0.1, 0.15) is 57.8 Å². The topological polar surface area (TPSA) is 38.0 Å². The van der Waals surface area contributed by atoms with Crippen LogP contribution in [0.3, 0.4) is 0 Å². The predicted octanol–water partition coefficient (Wildman–Crippen LogP) is 3.38.